The molecule has 0 aliphatic rings. The number of nitrogens with two attached hydrogens (primary N) is 1. The van der Waals surface area contributed by atoms with Gasteiger partial charge in [-0.1, -0.05) is 13.3 Å². The van der Waals surface area contributed by atoms with E-state index in [2.05, 4.69) is 4.98 Å². The minimum absolute atomic E-state index is 0.134. The third kappa shape index (κ3) is 2.73. The van der Waals surface area contributed by atoms with Gasteiger partial charge in [0.15, 0.2) is 0 Å². The molecule has 2 aromatic rings. The Bertz CT molecular complexity index is 540. The van der Waals surface area contributed by atoms with E-state index in [4.69, 9.17) is 5.73 Å². The average Bonchev–Trinajstić information content (AvgIpc) is 2.82. The molecule has 5 heteroatoms. The molecular weight excluding hydrogens is 254 g/mol. The highest BCUT2D eigenvalue weighted by Crippen LogP contribution is 2.28. The molecule has 2 rings (SSSR count). The fourth-order valence-corrected chi connectivity index (χ4v) is 2.57. The van der Waals surface area contributed by atoms with Gasteiger partial charge >= 0.3 is 0 Å². The van der Waals surface area contributed by atoms with Crippen LogP contribution in [0.2, 0.25) is 0 Å². The predicted molar refractivity (Wildman–Crippen MR) is 69.3 cm³/mol. The van der Waals surface area contributed by atoms with Gasteiger partial charge in [-0.05, 0) is 24.6 Å². The van der Waals surface area contributed by atoms with Crippen LogP contribution in [0.15, 0.2) is 23.6 Å². The van der Waals surface area contributed by atoms with Gasteiger partial charge in [0.05, 0.1) is 11.7 Å². The number of hydrogen-bond donors (Lipinski definition) is 1. The fourth-order valence-electron chi connectivity index (χ4n) is 1.71. The number of aromatic nitrogens is 1. The molecule has 1 unspecified atom stereocenters. The summed E-state index contributed by atoms with van der Waals surface area (Å²) in [6, 6.07) is 3.22. The van der Waals surface area contributed by atoms with Crippen molar-refractivity contribution in [3.8, 4) is 11.3 Å². The zero-order chi connectivity index (χ0) is 13.1. The molecule has 18 heavy (non-hydrogen) atoms. The minimum atomic E-state index is -0.475. The molecular formula is C13H14F2N2S. The van der Waals surface area contributed by atoms with E-state index in [0.717, 1.165) is 36.0 Å². The summed E-state index contributed by atoms with van der Waals surface area (Å²) in [7, 11) is 0. The number of benzene rings is 1. The number of rotatable bonds is 4. The summed E-state index contributed by atoms with van der Waals surface area (Å²) in [5.74, 6) is -0.948. The Morgan fingerprint density at radius 3 is 2.89 bits per heavy atom. The van der Waals surface area contributed by atoms with Crippen LogP contribution < -0.4 is 5.73 Å². The van der Waals surface area contributed by atoms with Crippen LogP contribution in [-0.4, -0.2) is 4.98 Å². The van der Waals surface area contributed by atoms with Gasteiger partial charge in [0.25, 0.3) is 0 Å². The molecule has 1 aromatic heterocycles. The summed E-state index contributed by atoms with van der Waals surface area (Å²) in [4.78, 5) is 4.29. The highest BCUT2D eigenvalue weighted by molar-refractivity contribution is 7.10. The molecule has 0 spiro atoms. The summed E-state index contributed by atoms with van der Waals surface area (Å²) < 4.78 is 26.7. The van der Waals surface area contributed by atoms with Crippen molar-refractivity contribution < 1.29 is 8.78 Å². The molecule has 0 aliphatic carbocycles. The average molecular weight is 268 g/mol. The van der Waals surface area contributed by atoms with Gasteiger partial charge < -0.3 is 5.73 Å². The first-order chi connectivity index (χ1) is 8.61. The molecule has 96 valence electrons. The molecule has 0 saturated carbocycles. The zero-order valence-corrected chi connectivity index (χ0v) is 10.8. The van der Waals surface area contributed by atoms with E-state index in [0.29, 0.717) is 5.69 Å². The minimum Gasteiger partial charge on any atom is -0.322 e. The third-order valence-corrected chi connectivity index (χ3v) is 3.62. The maximum absolute atomic E-state index is 13.6. The van der Waals surface area contributed by atoms with Crippen molar-refractivity contribution in [3.05, 3.63) is 40.2 Å². The van der Waals surface area contributed by atoms with Crippen LogP contribution in [-0.2, 0) is 0 Å². The summed E-state index contributed by atoms with van der Waals surface area (Å²) >= 11 is 1.38. The quantitative estimate of drug-likeness (QED) is 0.913. The Hall–Kier alpha value is -1.33. The second-order valence-electron chi connectivity index (χ2n) is 4.09. The molecule has 0 fully saturated rings. The molecule has 0 bridgehead atoms. The summed E-state index contributed by atoms with van der Waals surface area (Å²) in [5, 5.41) is 2.47. The zero-order valence-electron chi connectivity index (χ0n) is 9.99. The van der Waals surface area contributed by atoms with Gasteiger partial charge in [-0.15, -0.1) is 11.3 Å². The smallest absolute Gasteiger partial charge is 0.132 e. The van der Waals surface area contributed by atoms with Gasteiger partial charge in [0.2, 0.25) is 0 Å². The van der Waals surface area contributed by atoms with Gasteiger partial charge in [0.1, 0.15) is 16.6 Å². The van der Waals surface area contributed by atoms with Gasteiger partial charge in [0, 0.05) is 10.9 Å². The molecule has 1 aromatic carbocycles. The maximum atomic E-state index is 13.6. The second kappa shape index (κ2) is 5.54. The number of hydrogen-bond acceptors (Lipinski definition) is 3. The van der Waals surface area contributed by atoms with Crippen molar-refractivity contribution in [2.24, 2.45) is 5.73 Å². The lowest BCUT2D eigenvalue weighted by molar-refractivity contribution is 0.602. The fraction of sp³-hybridized carbons (Fsp3) is 0.308. The molecule has 0 saturated heterocycles. The molecule has 2 N–H and O–H groups in total. The van der Waals surface area contributed by atoms with Crippen molar-refractivity contribution in [2.75, 3.05) is 0 Å². The van der Waals surface area contributed by atoms with Crippen LogP contribution in [0.5, 0.6) is 0 Å². The van der Waals surface area contributed by atoms with Crippen LogP contribution in [0.4, 0.5) is 8.78 Å². The van der Waals surface area contributed by atoms with Gasteiger partial charge in [-0.3, -0.25) is 0 Å². The number of thiazole rings is 1. The molecule has 1 heterocycles. The molecule has 0 radical (unpaired) electrons. The standard InChI is InChI=1S/C13H14F2N2S/c1-2-3-11(16)13-17-12(7-18-13)9-6-8(14)4-5-10(9)15/h4-7,11H,2-3,16H2,1H3. The first-order valence-corrected chi connectivity index (χ1v) is 6.66. The van der Waals surface area contributed by atoms with E-state index in [1.165, 1.54) is 11.3 Å². The van der Waals surface area contributed by atoms with Crippen molar-refractivity contribution >= 4 is 11.3 Å². The van der Waals surface area contributed by atoms with Crippen molar-refractivity contribution in [2.45, 2.75) is 25.8 Å². The van der Waals surface area contributed by atoms with Crippen molar-refractivity contribution in [1.82, 2.24) is 4.98 Å². The van der Waals surface area contributed by atoms with Gasteiger partial charge in [-0.25, -0.2) is 13.8 Å². The maximum Gasteiger partial charge on any atom is 0.132 e. The van der Waals surface area contributed by atoms with Crippen LogP contribution in [0.1, 0.15) is 30.8 Å². The van der Waals surface area contributed by atoms with E-state index in [1.54, 1.807) is 5.38 Å². The van der Waals surface area contributed by atoms with E-state index >= 15 is 0 Å². The van der Waals surface area contributed by atoms with E-state index < -0.39 is 11.6 Å². The van der Waals surface area contributed by atoms with Crippen LogP contribution >= 0.6 is 11.3 Å². The SMILES string of the molecule is CCCC(N)c1nc(-c2cc(F)ccc2F)cs1. The predicted octanol–water partition coefficient (Wildman–Crippen LogP) is 3.89. The molecule has 0 aliphatic heterocycles. The topological polar surface area (TPSA) is 38.9 Å². The van der Waals surface area contributed by atoms with E-state index in [1.807, 2.05) is 6.92 Å². The molecule has 1 atom stereocenters. The molecule has 2 nitrogen and oxygen atoms in total. The molecule has 0 amide bonds. The van der Waals surface area contributed by atoms with E-state index in [-0.39, 0.29) is 11.6 Å². The van der Waals surface area contributed by atoms with Crippen LogP contribution in [0.3, 0.4) is 0 Å². The normalized spacial score (nSPS) is 12.7. The number of nitrogens with zero attached hydrogens (tertiary/aromatic N) is 1. The summed E-state index contributed by atoms with van der Waals surface area (Å²) in [6.07, 6.45) is 1.79. The van der Waals surface area contributed by atoms with Crippen LogP contribution in [0, 0.1) is 11.6 Å². The Morgan fingerprint density at radius 2 is 2.17 bits per heavy atom. The van der Waals surface area contributed by atoms with Crippen molar-refractivity contribution in [3.63, 3.8) is 0 Å². The highest BCUT2D eigenvalue weighted by atomic mass is 32.1. The van der Waals surface area contributed by atoms with Gasteiger partial charge in [-0.2, -0.15) is 0 Å². The third-order valence-electron chi connectivity index (χ3n) is 2.64. The number of halogens is 2. The van der Waals surface area contributed by atoms with Crippen molar-refractivity contribution in [1.29, 1.82) is 0 Å². The first-order valence-electron chi connectivity index (χ1n) is 5.78. The Labute approximate surface area is 108 Å². The second-order valence-corrected chi connectivity index (χ2v) is 4.98. The highest BCUT2D eigenvalue weighted by Gasteiger charge is 2.14. The van der Waals surface area contributed by atoms with Crippen LogP contribution in [0.25, 0.3) is 11.3 Å². The monoisotopic (exact) mass is 268 g/mol. The summed E-state index contributed by atoms with van der Waals surface area (Å²) in [6.45, 7) is 2.04. The largest absolute Gasteiger partial charge is 0.322 e. The first kappa shape index (κ1) is 13.1. The van der Waals surface area contributed by atoms with E-state index in [9.17, 15) is 8.78 Å². The Balaban J connectivity index is 2.32. The lowest BCUT2D eigenvalue weighted by Crippen LogP contribution is -2.09. The Morgan fingerprint density at radius 1 is 1.39 bits per heavy atom. The summed E-state index contributed by atoms with van der Waals surface area (Å²) in [5.41, 5.74) is 6.57. The Kier molecular flexibility index (Phi) is 4.04. The lowest BCUT2D eigenvalue weighted by atomic mass is 10.1. The lowest BCUT2D eigenvalue weighted by Gasteiger charge is -2.05.